The molecule has 24 heavy (non-hydrogen) atoms. The number of aromatic nitrogens is 3. The van der Waals surface area contributed by atoms with Crippen molar-refractivity contribution < 1.29 is 14.7 Å². The van der Waals surface area contributed by atoms with E-state index in [0.29, 0.717) is 18.8 Å². The molecule has 1 aromatic heterocycles. The fourth-order valence-electron chi connectivity index (χ4n) is 3.04. The highest BCUT2D eigenvalue weighted by Gasteiger charge is 2.38. The Morgan fingerprint density at radius 2 is 1.96 bits per heavy atom. The van der Waals surface area contributed by atoms with Crippen LogP contribution >= 0.6 is 0 Å². The number of benzene rings is 1. The molecule has 0 unspecified atom stereocenters. The Bertz CT molecular complexity index is 756. The zero-order valence-electron chi connectivity index (χ0n) is 13.7. The van der Waals surface area contributed by atoms with Crippen molar-refractivity contribution in [1.29, 1.82) is 0 Å². The van der Waals surface area contributed by atoms with Crippen LogP contribution in [0.25, 0.3) is 5.69 Å². The van der Waals surface area contributed by atoms with Gasteiger partial charge in [0.25, 0.3) is 5.91 Å². The number of aryl methyl sites for hydroxylation is 1. The van der Waals surface area contributed by atoms with Crippen LogP contribution in [-0.2, 0) is 11.2 Å². The number of hydrogen-bond donors (Lipinski definition) is 1. The predicted molar refractivity (Wildman–Crippen MR) is 86.9 cm³/mol. The molecule has 1 N–H and O–H groups in total. The highest BCUT2D eigenvalue weighted by atomic mass is 16.4. The van der Waals surface area contributed by atoms with Crippen LogP contribution in [0.5, 0.6) is 0 Å². The lowest BCUT2D eigenvalue weighted by Gasteiger charge is -2.13. The van der Waals surface area contributed by atoms with Crippen molar-refractivity contribution in [2.24, 2.45) is 11.8 Å². The molecule has 7 nitrogen and oxygen atoms in total. The summed E-state index contributed by atoms with van der Waals surface area (Å²) in [4.78, 5) is 29.8. The Kier molecular flexibility index (Phi) is 4.33. The van der Waals surface area contributed by atoms with Gasteiger partial charge in [-0.3, -0.25) is 9.59 Å². The number of carboxylic acid groups (broad SMARTS) is 1. The number of likely N-dealkylation sites (tertiary alicyclic amines) is 1. The molecule has 0 saturated carbocycles. The highest BCUT2D eigenvalue weighted by Crippen LogP contribution is 2.24. The molecule has 0 aliphatic carbocycles. The lowest BCUT2D eigenvalue weighted by molar-refractivity contribution is -0.142. The number of amides is 1. The van der Waals surface area contributed by atoms with E-state index in [0.717, 1.165) is 5.69 Å². The molecule has 2 atom stereocenters. The number of para-hydroxylation sites is 1. The number of nitrogens with zero attached hydrogens (tertiary/aromatic N) is 4. The fourth-order valence-corrected chi connectivity index (χ4v) is 3.04. The molecule has 1 fully saturated rings. The van der Waals surface area contributed by atoms with Crippen LogP contribution < -0.4 is 0 Å². The molecule has 1 aliphatic heterocycles. The summed E-state index contributed by atoms with van der Waals surface area (Å²) < 4.78 is 1.67. The summed E-state index contributed by atoms with van der Waals surface area (Å²) in [6, 6.07) is 9.52. The second-order valence-corrected chi connectivity index (χ2v) is 6.08. The maximum atomic E-state index is 12.7. The molecular weight excluding hydrogens is 308 g/mol. The topological polar surface area (TPSA) is 88.3 Å². The number of aliphatic carboxylic acids is 1. The van der Waals surface area contributed by atoms with Crippen molar-refractivity contribution in [2.45, 2.75) is 20.3 Å². The SMILES string of the molecule is CCc1nc(C(=O)N2C[C@@H](C)[C@H](C(=O)O)C2)nn1-c1ccccc1. The largest absolute Gasteiger partial charge is 0.481 e. The third-order valence-electron chi connectivity index (χ3n) is 4.40. The summed E-state index contributed by atoms with van der Waals surface area (Å²) in [7, 11) is 0. The van der Waals surface area contributed by atoms with Gasteiger partial charge in [0.15, 0.2) is 0 Å². The smallest absolute Gasteiger partial charge is 0.308 e. The molecule has 2 heterocycles. The summed E-state index contributed by atoms with van der Waals surface area (Å²) in [6.45, 7) is 4.42. The van der Waals surface area contributed by atoms with Crippen LogP contribution in [0.1, 0.15) is 30.3 Å². The van der Waals surface area contributed by atoms with E-state index in [1.54, 1.807) is 4.68 Å². The van der Waals surface area contributed by atoms with Gasteiger partial charge in [0.1, 0.15) is 5.82 Å². The van der Waals surface area contributed by atoms with Crippen molar-refractivity contribution in [3.8, 4) is 5.69 Å². The molecule has 2 aromatic rings. The van der Waals surface area contributed by atoms with Crippen molar-refractivity contribution in [3.63, 3.8) is 0 Å². The second-order valence-electron chi connectivity index (χ2n) is 6.08. The molecule has 0 radical (unpaired) electrons. The molecule has 1 saturated heterocycles. The first kappa shape index (κ1) is 16.2. The zero-order chi connectivity index (χ0) is 17.3. The van der Waals surface area contributed by atoms with E-state index in [-0.39, 0.29) is 24.2 Å². The molecular formula is C17H20N4O3. The van der Waals surface area contributed by atoms with Gasteiger partial charge in [-0.1, -0.05) is 32.0 Å². The average Bonchev–Trinajstić information content (AvgIpc) is 3.18. The Morgan fingerprint density at radius 3 is 2.54 bits per heavy atom. The van der Waals surface area contributed by atoms with Crippen LogP contribution in [-0.4, -0.2) is 49.7 Å². The summed E-state index contributed by atoms with van der Waals surface area (Å²) in [6.07, 6.45) is 0.642. The molecule has 1 amide bonds. The standard InChI is InChI=1S/C17H20N4O3/c1-3-14-18-15(19-21(14)12-7-5-4-6-8-12)16(22)20-9-11(2)13(10-20)17(23)24/h4-8,11,13H,3,9-10H2,1-2H3,(H,23,24)/t11-,13-/m1/s1. The maximum Gasteiger partial charge on any atom is 0.308 e. The summed E-state index contributed by atoms with van der Waals surface area (Å²) in [5.74, 6) is -0.963. The van der Waals surface area contributed by atoms with Gasteiger partial charge in [-0.2, -0.15) is 0 Å². The van der Waals surface area contributed by atoms with E-state index in [1.165, 1.54) is 4.90 Å². The van der Waals surface area contributed by atoms with E-state index in [2.05, 4.69) is 10.1 Å². The molecule has 7 heteroatoms. The molecule has 0 spiro atoms. The summed E-state index contributed by atoms with van der Waals surface area (Å²) in [5, 5.41) is 13.6. The van der Waals surface area contributed by atoms with E-state index in [4.69, 9.17) is 0 Å². The van der Waals surface area contributed by atoms with E-state index in [9.17, 15) is 14.7 Å². The molecule has 126 valence electrons. The maximum absolute atomic E-state index is 12.7. The Labute approximate surface area is 139 Å². The number of carbonyl (C=O) groups excluding carboxylic acids is 1. The lowest BCUT2D eigenvalue weighted by atomic mass is 9.99. The van der Waals surface area contributed by atoms with Crippen LogP contribution in [0, 0.1) is 11.8 Å². The third-order valence-corrected chi connectivity index (χ3v) is 4.40. The van der Waals surface area contributed by atoms with E-state index >= 15 is 0 Å². The first-order valence-electron chi connectivity index (χ1n) is 8.04. The Morgan fingerprint density at radius 1 is 1.25 bits per heavy atom. The minimum absolute atomic E-state index is 0.0756. The van der Waals surface area contributed by atoms with Gasteiger partial charge in [-0.15, -0.1) is 5.10 Å². The van der Waals surface area contributed by atoms with Crippen LogP contribution in [0.15, 0.2) is 30.3 Å². The normalized spacial score (nSPS) is 20.3. The molecule has 0 bridgehead atoms. The van der Waals surface area contributed by atoms with Gasteiger partial charge in [0.2, 0.25) is 5.82 Å². The first-order chi connectivity index (χ1) is 11.5. The minimum Gasteiger partial charge on any atom is -0.481 e. The van der Waals surface area contributed by atoms with Crippen molar-refractivity contribution >= 4 is 11.9 Å². The number of hydrogen-bond acceptors (Lipinski definition) is 4. The van der Waals surface area contributed by atoms with Gasteiger partial charge in [0.05, 0.1) is 11.6 Å². The summed E-state index contributed by atoms with van der Waals surface area (Å²) >= 11 is 0. The van der Waals surface area contributed by atoms with Crippen LogP contribution in [0.4, 0.5) is 0 Å². The van der Waals surface area contributed by atoms with Gasteiger partial charge >= 0.3 is 5.97 Å². The van der Waals surface area contributed by atoms with Crippen molar-refractivity contribution in [3.05, 3.63) is 42.0 Å². The summed E-state index contributed by atoms with van der Waals surface area (Å²) in [5.41, 5.74) is 0.846. The second kappa shape index (κ2) is 6.43. The van der Waals surface area contributed by atoms with Gasteiger partial charge < -0.3 is 10.0 Å². The number of rotatable bonds is 4. The van der Waals surface area contributed by atoms with Gasteiger partial charge in [0, 0.05) is 19.5 Å². The minimum atomic E-state index is -0.866. The first-order valence-corrected chi connectivity index (χ1v) is 8.04. The zero-order valence-corrected chi connectivity index (χ0v) is 13.7. The van der Waals surface area contributed by atoms with Crippen molar-refractivity contribution in [2.75, 3.05) is 13.1 Å². The molecule has 1 aliphatic rings. The number of carbonyl (C=O) groups is 2. The fraction of sp³-hybridized carbons (Fsp3) is 0.412. The van der Waals surface area contributed by atoms with Gasteiger partial charge in [-0.25, -0.2) is 9.67 Å². The van der Waals surface area contributed by atoms with Crippen LogP contribution in [0.3, 0.4) is 0 Å². The van der Waals surface area contributed by atoms with Gasteiger partial charge in [-0.05, 0) is 18.1 Å². The lowest BCUT2D eigenvalue weighted by Crippen LogP contribution is -2.30. The molecule has 3 rings (SSSR count). The Balaban J connectivity index is 1.87. The monoisotopic (exact) mass is 328 g/mol. The van der Waals surface area contributed by atoms with Crippen molar-refractivity contribution in [1.82, 2.24) is 19.7 Å². The molecule has 1 aromatic carbocycles. The quantitative estimate of drug-likeness (QED) is 0.921. The third kappa shape index (κ3) is 2.89. The average molecular weight is 328 g/mol. The van der Waals surface area contributed by atoms with E-state index in [1.807, 2.05) is 44.2 Å². The van der Waals surface area contributed by atoms with E-state index < -0.39 is 11.9 Å². The van der Waals surface area contributed by atoms with Crippen LogP contribution in [0.2, 0.25) is 0 Å². The Hall–Kier alpha value is -2.70. The highest BCUT2D eigenvalue weighted by molar-refractivity contribution is 5.91. The number of carboxylic acids is 1. The predicted octanol–water partition coefficient (Wildman–Crippen LogP) is 1.62.